The molecule has 2 aromatic rings. The fourth-order valence-corrected chi connectivity index (χ4v) is 5.46. The molecule has 0 saturated carbocycles. The van der Waals surface area contributed by atoms with Crippen LogP contribution >= 0.6 is 23.2 Å². The van der Waals surface area contributed by atoms with Crippen molar-refractivity contribution in [3.8, 4) is 0 Å². The van der Waals surface area contributed by atoms with E-state index in [4.69, 9.17) is 32.7 Å². The van der Waals surface area contributed by atoms with Gasteiger partial charge in [-0.25, -0.2) is 13.1 Å². The highest BCUT2D eigenvalue weighted by atomic mass is 35.5. The van der Waals surface area contributed by atoms with E-state index < -0.39 is 10.0 Å². The molecule has 0 bridgehead atoms. The number of nitrogens with zero attached hydrogens (tertiary/aromatic N) is 1. The minimum atomic E-state index is -3.66. The van der Waals surface area contributed by atoms with Crippen LogP contribution in [-0.2, 0) is 26.0 Å². The molecule has 0 aliphatic carbocycles. The molecular formula is C23H30Cl2N2O4S. The summed E-state index contributed by atoms with van der Waals surface area (Å²) in [7, 11) is -1.63. The van der Waals surface area contributed by atoms with Gasteiger partial charge in [0.2, 0.25) is 10.0 Å². The maximum atomic E-state index is 12.8. The van der Waals surface area contributed by atoms with Gasteiger partial charge in [-0.1, -0.05) is 42.3 Å². The van der Waals surface area contributed by atoms with Gasteiger partial charge in [-0.05, 0) is 54.4 Å². The first-order valence-corrected chi connectivity index (χ1v) is 13.0. The van der Waals surface area contributed by atoms with Crippen LogP contribution in [0.25, 0.3) is 0 Å². The molecule has 0 radical (unpaired) electrons. The van der Waals surface area contributed by atoms with Gasteiger partial charge < -0.3 is 14.4 Å². The van der Waals surface area contributed by atoms with E-state index in [1.807, 2.05) is 26.1 Å². The third-order valence-electron chi connectivity index (χ3n) is 5.32. The zero-order chi connectivity index (χ0) is 23.1. The Balaban J connectivity index is 1.69. The molecule has 1 heterocycles. The van der Waals surface area contributed by atoms with Gasteiger partial charge in [0.1, 0.15) is 0 Å². The highest BCUT2D eigenvalue weighted by Crippen LogP contribution is 2.38. The number of ether oxygens (including phenoxy) is 2. The van der Waals surface area contributed by atoms with Crippen molar-refractivity contribution in [1.29, 1.82) is 0 Å². The zero-order valence-electron chi connectivity index (χ0n) is 18.4. The van der Waals surface area contributed by atoms with E-state index in [0.717, 1.165) is 36.2 Å². The van der Waals surface area contributed by atoms with Crippen LogP contribution in [-0.4, -0.2) is 59.9 Å². The lowest BCUT2D eigenvalue weighted by molar-refractivity contribution is 0.0502. The van der Waals surface area contributed by atoms with E-state index in [-0.39, 0.29) is 24.0 Å². The van der Waals surface area contributed by atoms with E-state index in [9.17, 15) is 8.42 Å². The highest BCUT2D eigenvalue weighted by molar-refractivity contribution is 7.89. The average Bonchev–Trinajstić information content (AvgIpc) is 2.76. The molecule has 0 unspecified atom stereocenters. The smallest absolute Gasteiger partial charge is 0.240 e. The van der Waals surface area contributed by atoms with Crippen molar-refractivity contribution in [1.82, 2.24) is 9.62 Å². The molecule has 0 aromatic heterocycles. The Morgan fingerprint density at radius 2 is 1.84 bits per heavy atom. The van der Waals surface area contributed by atoms with Gasteiger partial charge >= 0.3 is 0 Å². The Kier molecular flexibility index (Phi) is 9.37. The standard InChI is InChI=1S/C23H30Cl2N2O4S/c1-3-8-30-10-11-31-9-7-26-32(28,29)19-6-4-5-17(12-19)21-15-27(2)16-22-20(21)13-18(24)14-23(22)25/h4-6,12-14,21,26H,3,7-11,15-16H2,1-2H3/t21-/m0/s1. The maximum absolute atomic E-state index is 12.8. The maximum Gasteiger partial charge on any atom is 0.240 e. The van der Waals surface area contributed by atoms with Gasteiger partial charge in [0.15, 0.2) is 0 Å². The van der Waals surface area contributed by atoms with Crippen LogP contribution in [0, 0.1) is 0 Å². The summed E-state index contributed by atoms with van der Waals surface area (Å²) in [4.78, 5) is 2.40. The molecule has 2 aromatic carbocycles. The molecule has 0 spiro atoms. The second kappa shape index (κ2) is 11.8. The minimum Gasteiger partial charge on any atom is -0.379 e. The number of likely N-dealkylation sites (N-methyl/N-ethyl adjacent to an activating group) is 1. The Morgan fingerprint density at radius 3 is 2.59 bits per heavy atom. The number of fused-ring (bicyclic) bond motifs is 1. The van der Waals surface area contributed by atoms with Crippen LogP contribution in [0.4, 0.5) is 0 Å². The number of nitrogens with one attached hydrogen (secondary N) is 1. The summed E-state index contributed by atoms with van der Waals surface area (Å²) < 4.78 is 39.0. The summed E-state index contributed by atoms with van der Waals surface area (Å²) in [6.45, 7) is 5.64. The largest absolute Gasteiger partial charge is 0.379 e. The third kappa shape index (κ3) is 6.67. The lowest BCUT2D eigenvalue weighted by atomic mass is 9.85. The molecule has 1 aliphatic heterocycles. The molecule has 0 saturated heterocycles. The minimum absolute atomic E-state index is 0.0263. The van der Waals surface area contributed by atoms with Crippen LogP contribution in [0.1, 0.15) is 36.0 Å². The van der Waals surface area contributed by atoms with Gasteiger partial charge in [0.05, 0.1) is 24.7 Å². The zero-order valence-corrected chi connectivity index (χ0v) is 20.8. The van der Waals surface area contributed by atoms with Crippen molar-refractivity contribution in [2.24, 2.45) is 0 Å². The summed E-state index contributed by atoms with van der Waals surface area (Å²) >= 11 is 12.7. The average molecular weight is 501 g/mol. The number of benzene rings is 2. The van der Waals surface area contributed by atoms with Crippen molar-refractivity contribution in [3.63, 3.8) is 0 Å². The molecule has 1 aliphatic rings. The lowest BCUT2D eigenvalue weighted by Crippen LogP contribution is -2.31. The van der Waals surface area contributed by atoms with Crippen molar-refractivity contribution >= 4 is 33.2 Å². The van der Waals surface area contributed by atoms with Crippen LogP contribution in [0.3, 0.4) is 0 Å². The second-order valence-electron chi connectivity index (χ2n) is 7.90. The van der Waals surface area contributed by atoms with Gasteiger partial charge in [0.25, 0.3) is 0 Å². The fraction of sp³-hybridized carbons (Fsp3) is 0.478. The van der Waals surface area contributed by atoms with Crippen molar-refractivity contribution in [2.75, 3.05) is 46.6 Å². The molecule has 32 heavy (non-hydrogen) atoms. The molecule has 0 fully saturated rings. The van der Waals surface area contributed by atoms with E-state index in [0.29, 0.717) is 29.9 Å². The Labute approximate surface area is 200 Å². The quantitative estimate of drug-likeness (QED) is 0.466. The fourth-order valence-electron chi connectivity index (χ4n) is 3.83. The number of halogens is 2. The molecular weight excluding hydrogens is 471 g/mol. The lowest BCUT2D eigenvalue weighted by Gasteiger charge is -2.33. The summed E-state index contributed by atoms with van der Waals surface area (Å²) in [6, 6.07) is 10.7. The second-order valence-corrected chi connectivity index (χ2v) is 10.5. The summed E-state index contributed by atoms with van der Waals surface area (Å²) in [6.07, 6.45) is 0.960. The van der Waals surface area contributed by atoms with E-state index in [1.165, 1.54) is 0 Å². The molecule has 176 valence electrons. The van der Waals surface area contributed by atoms with Crippen LogP contribution in [0.2, 0.25) is 10.0 Å². The van der Waals surface area contributed by atoms with E-state index in [2.05, 4.69) is 9.62 Å². The Bertz CT molecular complexity index is 1020. The summed E-state index contributed by atoms with van der Waals surface area (Å²) in [5.41, 5.74) is 2.98. The monoisotopic (exact) mass is 500 g/mol. The van der Waals surface area contributed by atoms with Crippen LogP contribution in [0.15, 0.2) is 41.3 Å². The van der Waals surface area contributed by atoms with Gasteiger partial charge in [-0.3, -0.25) is 0 Å². The summed E-state index contributed by atoms with van der Waals surface area (Å²) in [5.74, 6) is -0.0263. The van der Waals surface area contributed by atoms with Gasteiger partial charge in [0, 0.05) is 42.2 Å². The number of rotatable bonds is 11. The van der Waals surface area contributed by atoms with Gasteiger partial charge in [-0.15, -0.1) is 0 Å². The normalized spacial score (nSPS) is 16.8. The van der Waals surface area contributed by atoms with Crippen LogP contribution in [0.5, 0.6) is 0 Å². The Hall–Kier alpha value is -1.19. The third-order valence-corrected chi connectivity index (χ3v) is 7.34. The van der Waals surface area contributed by atoms with Crippen LogP contribution < -0.4 is 4.72 Å². The SMILES string of the molecule is CCCOCCOCCNS(=O)(=O)c1cccc([C@@H]2CN(C)Cc3c(Cl)cc(Cl)cc32)c1. The first-order chi connectivity index (χ1) is 15.3. The first kappa shape index (κ1) is 25.4. The summed E-state index contributed by atoms with van der Waals surface area (Å²) in [5, 5.41) is 1.21. The predicted octanol–water partition coefficient (Wildman–Crippen LogP) is 4.29. The van der Waals surface area contributed by atoms with Crippen molar-refractivity contribution in [2.45, 2.75) is 30.7 Å². The molecule has 9 heteroatoms. The number of hydrogen-bond acceptors (Lipinski definition) is 5. The van der Waals surface area contributed by atoms with E-state index in [1.54, 1.807) is 24.3 Å². The first-order valence-electron chi connectivity index (χ1n) is 10.7. The molecule has 6 nitrogen and oxygen atoms in total. The van der Waals surface area contributed by atoms with Crippen molar-refractivity contribution in [3.05, 3.63) is 63.1 Å². The Morgan fingerprint density at radius 1 is 1.09 bits per heavy atom. The van der Waals surface area contributed by atoms with E-state index >= 15 is 0 Å². The molecule has 0 amide bonds. The highest BCUT2D eigenvalue weighted by Gasteiger charge is 2.28. The topological polar surface area (TPSA) is 67.9 Å². The van der Waals surface area contributed by atoms with Gasteiger partial charge in [-0.2, -0.15) is 0 Å². The molecule has 3 rings (SSSR count). The number of sulfonamides is 1. The molecule has 1 N–H and O–H groups in total. The van der Waals surface area contributed by atoms with Crippen molar-refractivity contribution < 1.29 is 17.9 Å². The predicted molar refractivity (Wildman–Crippen MR) is 128 cm³/mol. The number of hydrogen-bond donors (Lipinski definition) is 1. The molecule has 1 atom stereocenters.